The third kappa shape index (κ3) is 5.23. The van der Waals surface area contributed by atoms with Crippen LogP contribution in [0.3, 0.4) is 0 Å². The van der Waals surface area contributed by atoms with Gasteiger partial charge in [-0.25, -0.2) is 17.6 Å². The number of rotatable bonds is 6. The van der Waals surface area contributed by atoms with E-state index in [1.54, 1.807) is 19.1 Å². The van der Waals surface area contributed by atoms with Gasteiger partial charge >= 0.3 is 5.97 Å². The van der Waals surface area contributed by atoms with Gasteiger partial charge in [0.05, 0.1) is 10.5 Å². The Morgan fingerprint density at radius 3 is 2.24 bits per heavy atom. The Balaban J connectivity index is 1.44. The number of halogens is 1. The Morgan fingerprint density at radius 1 is 0.909 bits per heavy atom. The summed E-state index contributed by atoms with van der Waals surface area (Å²) in [5.74, 6) is -1.02. The largest absolute Gasteiger partial charge is 0.454 e. The molecule has 1 heterocycles. The maximum absolute atomic E-state index is 13.2. The second-order valence-corrected chi connectivity index (χ2v) is 9.79. The van der Waals surface area contributed by atoms with Crippen LogP contribution in [-0.2, 0) is 14.8 Å². The lowest BCUT2D eigenvalue weighted by molar-refractivity contribution is 0.0337. The molecule has 8 heteroatoms. The molecule has 0 saturated carbocycles. The van der Waals surface area contributed by atoms with Crippen molar-refractivity contribution in [2.75, 3.05) is 31.1 Å². The van der Waals surface area contributed by atoms with Crippen LogP contribution >= 0.6 is 0 Å². The number of anilines is 1. The molecule has 1 saturated heterocycles. The summed E-state index contributed by atoms with van der Waals surface area (Å²) >= 11 is 0. The Kier molecular flexibility index (Phi) is 6.76. The van der Waals surface area contributed by atoms with E-state index in [0.29, 0.717) is 31.7 Å². The first kappa shape index (κ1) is 22.9. The highest BCUT2D eigenvalue weighted by atomic mass is 32.2. The normalized spacial score (nSPS) is 15.8. The Hall–Kier alpha value is -3.23. The van der Waals surface area contributed by atoms with Gasteiger partial charge in [-0.2, -0.15) is 4.31 Å². The van der Waals surface area contributed by atoms with Gasteiger partial charge in [-0.1, -0.05) is 36.4 Å². The fourth-order valence-corrected chi connectivity index (χ4v) is 5.26. The molecule has 1 aliphatic rings. The van der Waals surface area contributed by atoms with E-state index in [9.17, 15) is 17.6 Å². The van der Waals surface area contributed by atoms with Crippen molar-refractivity contribution in [3.63, 3.8) is 0 Å². The van der Waals surface area contributed by atoms with Crippen molar-refractivity contribution in [1.29, 1.82) is 0 Å². The van der Waals surface area contributed by atoms with Crippen molar-refractivity contribution in [3.05, 3.63) is 95.8 Å². The van der Waals surface area contributed by atoms with Crippen molar-refractivity contribution in [1.82, 2.24) is 4.31 Å². The zero-order chi connectivity index (χ0) is 23.4. The number of nitrogens with zero attached hydrogens (tertiary/aromatic N) is 2. The molecule has 1 aliphatic heterocycles. The van der Waals surface area contributed by atoms with Gasteiger partial charge in [0.1, 0.15) is 11.9 Å². The summed E-state index contributed by atoms with van der Waals surface area (Å²) in [7, 11) is -3.75. The van der Waals surface area contributed by atoms with Crippen LogP contribution < -0.4 is 4.90 Å². The fraction of sp³-hybridized carbons (Fsp3) is 0.240. The Morgan fingerprint density at radius 2 is 1.58 bits per heavy atom. The summed E-state index contributed by atoms with van der Waals surface area (Å²) in [5.41, 5.74) is 1.85. The summed E-state index contributed by atoms with van der Waals surface area (Å²) in [6, 6.07) is 21.4. The monoisotopic (exact) mass is 468 g/mol. The highest BCUT2D eigenvalue weighted by molar-refractivity contribution is 7.89. The summed E-state index contributed by atoms with van der Waals surface area (Å²) in [6.45, 7) is 3.55. The smallest absolute Gasteiger partial charge is 0.338 e. The number of para-hydroxylation sites is 1. The minimum absolute atomic E-state index is 0.0551. The van der Waals surface area contributed by atoms with E-state index in [4.69, 9.17) is 4.74 Å². The molecule has 33 heavy (non-hydrogen) atoms. The van der Waals surface area contributed by atoms with Crippen LogP contribution in [0.15, 0.2) is 83.8 Å². The molecule has 172 valence electrons. The van der Waals surface area contributed by atoms with Gasteiger partial charge in [-0.15, -0.1) is 0 Å². The SMILES string of the molecule is CC(OC(=O)c1cccc(S(=O)(=O)N2CCN(c3ccccc3)CC2)c1)c1ccc(F)cc1. The van der Waals surface area contributed by atoms with Crippen molar-refractivity contribution >= 4 is 21.7 Å². The van der Waals surface area contributed by atoms with Gasteiger partial charge in [0.2, 0.25) is 10.0 Å². The second-order valence-electron chi connectivity index (χ2n) is 7.85. The van der Waals surface area contributed by atoms with Gasteiger partial charge in [0.15, 0.2) is 0 Å². The summed E-state index contributed by atoms with van der Waals surface area (Å²) in [4.78, 5) is 14.8. The predicted octanol–water partition coefficient (Wildman–Crippen LogP) is 4.25. The van der Waals surface area contributed by atoms with E-state index in [1.807, 2.05) is 30.3 Å². The van der Waals surface area contributed by atoms with E-state index in [1.165, 1.54) is 40.7 Å². The summed E-state index contributed by atoms with van der Waals surface area (Å²) in [5, 5.41) is 0. The molecule has 3 aromatic rings. The average Bonchev–Trinajstić information content (AvgIpc) is 2.85. The molecule has 0 radical (unpaired) electrons. The Labute approximate surface area is 193 Å². The standard InChI is InChI=1S/C25H25FN2O4S/c1-19(20-10-12-22(26)13-11-20)32-25(29)21-6-5-9-24(18-21)33(30,31)28-16-14-27(15-17-28)23-7-3-2-4-8-23/h2-13,18-19H,14-17H2,1H3. The van der Waals surface area contributed by atoms with Crippen molar-refractivity contribution < 1.29 is 22.3 Å². The van der Waals surface area contributed by atoms with Crippen LogP contribution in [0, 0.1) is 5.82 Å². The first-order valence-corrected chi connectivity index (χ1v) is 12.2. The number of carbonyl (C=O) groups is 1. The van der Waals surface area contributed by atoms with Crippen molar-refractivity contribution in [3.8, 4) is 0 Å². The first-order valence-electron chi connectivity index (χ1n) is 10.7. The van der Waals surface area contributed by atoms with Gasteiger partial charge in [-0.05, 0) is 55.0 Å². The van der Waals surface area contributed by atoms with Crippen LogP contribution in [0.1, 0.15) is 28.9 Å². The maximum Gasteiger partial charge on any atom is 0.338 e. The van der Waals surface area contributed by atoms with Crippen LogP contribution in [0.2, 0.25) is 0 Å². The second kappa shape index (κ2) is 9.72. The Bertz CT molecular complexity index is 1210. The first-order chi connectivity index (χ1) is 15.8. The quantitative estimate of drug-likeness (QED) is 0.506. The molecular formula is C25H25FN2O4S. The van der Waals surface area contributed by atoms with Crippen LogP contribution in [0.5, 0.6) is 0 Å². The van der Waals surface area contributed by atoms with Gasteiger partial charge in [-0.3, -0.25) is 0 Å². The minimum atomic E-state index is -3.75. The molecule has 1 fully saturated rings. The topological polar surface area (TPSA) is 66.9 Å². The molecular weight excluding hydrogens is 443 g/mol. The summed E-state index contributed by atoms with van der Waals surface area (Å²) < 4.78 is 46.4. The third-order valence-electron chi connectivity index (χ3n) is 5.69. The number of carbonyl (C=O) groups excluding carboxylic acids is 1. The number of sulfonamides is 1. The third-order valence-corrected chi connectivity index (χ3v) is 7.59. The van der Waals surface area contributed by atoms with Crippen LogP contribution in [0.4, 0.5) is 10.1 Å². The van der Waals surface area contributed by atoms with E-state index in [-0.39, 0.29) is 16.3 Å². The lowest BCUT2D eigenvalue weighted by Gasteiger charge is -2.35. The molecule has 6 nitrogen and oxygen atoms in total. The number of ether oxygens (including phenoxy) is 1. The van der Waals surface area contributed by atoms with Gasteiger partial charge in [0, 0.05) is 31.9 Å². The van der Waals surface area contributed by atoms with Crippen molar-refractivity contribution in [2.45, 2.75) is 17.9 Å². The molecule has 0 N–H and O–H groups in total. The highest BCUT2D eigenvalue weighted by Crippen LogP contribution is 2.23. The number of piperazine rings is 1. The molecule has 1 atom stereocenters. The van der Waals surface area contributed by atoms with E-state index in [0.717, 1.165) is 5.69 Å². The minimum Gasteiger partial charge on any atom is -0.454 e. The molecule has 1 unspecified atom stereocenters. The van der Waals surface area contributed by atoms with Crippen molar-refractivity contribution in [2.24, 2.45) is 0 Å². The predicted molar refractivity (Wildman–Crippen MR) is 124 cm³/mol. The number of hydrogen-bond acceptors (Lipinski definition) is 5. The maximum atomic E-state index is 13.2. The molecule has 0 aromatic heterocycles. The number of hydrogen-bond donors (Lipinski definition) is 0. The molecule has 4 rings (SSSR count). The zero-order valence-electron chi connectivity index (χ0n) is 18.2. The van der Waals surface area contributed by atoms with E-state index in [2.05, 4.69) is 4.90 Å². The number of esters is 1. The molecule has 0 amide bonds. The van der Waals surface area contributed by atoms with Crippen LogP contribution in [-0.4, -0.2) is 44.9 Å². The average molecular weight is 469 g/mol. The number of benzene rings is 3. The van der Waals surface area contributed by atoms with E-state index >= 15 is 0 Å². The molecule has 0 aliphatic carbocycles. The lowest BCUT2D eigenvalue weighted by Crippen LogP contribution is -2.48. The zero-order valence-corrected chi connectivity index (χ0v) is 19.0. The molecule has 0 spiro atoms. The van der Waals surface area contributed by atoms with Crippen LogP contribution in [0.25, 0.3) is 0 Å². The molecule has 0 bridgehead atoms. The van der Waals surface area contributed by atoms with Gasteiger partial charge < -0.3 is 9.64 Å². The highest BCUT2D eigenvalue weighted by Gasteiger charge is 2.29. The lowest BCUT2D eigenvalue weighted by atomic mass is 10.1. The summed E-state index contributed by atoms with van der Waals surface area (Å²) in [6.07, 6.45) is -0.607. The molecule has 3 aromatic carbocycles. The van der Waals surface area contributed by atoms with E-state index < -0.39 is 22.1 Å². The fourth-order valence-electron chi connectivity index (χ4n) is 3.79. The van der Waals surface area contributed by atoms with Gasteiger partial charge in [0.25, 0.3) is 0 Å².